The number of unbranched alkanes of at least 4 members (excludes halogenated alkanes) is 3. The smallest absolute Gasteiger partial charge is 0.0588 e. The zero-order chi connectivity index (χ0) is 10.6. The third kappa shape index (κ3) is 10.0. The summed E-state index contributed by atoms with van der Waals surface area (Å²) < 4.78 is 5.36. The molecule has 0 aromatic rings. The minimum atomic E-state index is 0.644. The molecule has 14 heavy (non-hydrogen) atoms. The summed E-state index contributed by atoms with van der Waals surface area (Å²) in [5.41, 5.74) is 5.33. The Morgan fingerprint density at radius 1 is 1.07 bits per heavy atom. The molecule has 0 rings (SSSR count). The summed E-state index contributed by atoms with van der Waals surface area (Å²) >= 11 is 0. The highest BCUT2D eigenvalue weighted by atomic mass is 16.5. The average molecular weight is 201 g/mol. The van der Waals surface area contributed by atoms with Gasteiger partial charge in [0.25, 0.3) is 0 Å². The summed E-state index contributed by atoms with van der Waals surface area (Å²) in [5, 5.41) is 0. The van der Waals surface area contributed by atoms with Crippen LogP contribution >= 0.6 is 0 Å². The molecule has 0 heterocycles. The van der Waals surface area contributed by atoms with Crippen LogP contribution in [0.2, 0.25) is 0 Å². The number of rotatable bonds is 10. The van der Waals surface area contributed by atoms with Gasteiger partial charge in [0, 0.05) is 13.2 Å². The zero-order valence-corrected chi connectivity index (χ0v) is 9.93. The fourth-order valence-electron chi connectivity index (χ4n) is 1.53. The maximum atomic E-state index is 5.36. The molecule has 0 spiro atoms. The minimum Gasteiger partial charge on any atom is -0.380 e. The predicted molar refractivity (Wildman–Crippen MR) is 62.4 cm³/mol. The molecule has 2 nitrogen and oxygen atoms in total. The lowest BCUT2D eigenvalue weighted by atomic mass is 10.00. The van der Waals surface area contributed by atoms with Crippen LogP contribution in [0, 0.1) is 5.92 Å². The molecule has 1 unspecified atom stereocenters. The van der Waals surface area contributed by atoms with Gasteiger partial charge in [0.1, 0.15) is 0 Å². The summed E-state index contributed by atoms with van der Waals surface area (Å²) in [6, 6.07) is 0. The minimum absolute atomic E-state index is 0.644. The van der Waals surface area contributed by atoms with Crippen LogP contribution in [-0.4, -0.2) is 19.8 Å². The molecule has 0 fully saturated rings. The molecule has 0 amide bonds. The molecule has 0 aromatic heterocycles. The van der Waals surface area contributed by atoms with Crippen molar-refractivity contribution in [2.24, 2.45) is 11.7 Å². The van der Waals surface area contributed by atoms with Crippen molar-refractivity contribution in [2.75, 3.05) is 19.8 Å². The first-order valence-corrected chi connectivity index (χ1v) is 6.09. The van der Waals surface area contributed by atoms with E-state index < -0.39 is 0 Å². The molecule has 2 heteroatoms. The Kier molecular flexibility index (Phi) is 10.9. The predicted octanol–water partition coefficient (Wildman–Crippen LogP) is 2.96. The highest BCUT2D eigenvalue weighted by Crippen LogP contribution is 2.13. The Morgan fingerprint density at radius 2 is 1.86 bits per heavy atom. The van der Waals surface area contributed by atoms with E-state index in [1.807, 2.05) is 0 Å². The van der Waals surface area contributed by atoms with E-state index in [1.54, 1.807) is 0 Å². The van der Waals surface area contributed by atoms with E-state index in [-0.39, 0.29) is 0 Å². The molecular formula is C12H27NO. The molecule has 86 valence electrons. The topological polar surface area (TPSA) is 35.2 Å². The monoisotopic (exact) mass is 201 g/mol. The first-order chi connectivity index (χ1) is 6.81. The second-order valence-corrected chi connectivity index (χ2v) is 4.14. The third-order valence-corrected chi connectivity index (χ3v) is 2.57. The summed E-state index contributed by atoms with van der Waals surface area (Å²) in [7, 11) is 0. The van der Waals surface area contributed by atoms with Crippen molar-refractivity contribution in [2.45, 2.75) is 52.4 Å². The van der Waals surface area contributed by atoms with E-state index in [2.05, 4.69) is 13.8 Å². The summed E-state index contributed by atoms with van der Waals surface area (Å²) in [5.74, 6) is 0.810. The quantitative estimate of drug-likeness (QED) is 0.552. The van der Waals surface area contributed by atoms with E-state index in [9.17, 15) is 0 Å². The fourth-order valence-corrected chi connectivity index (χ4v) is 1.53. The van der Waals surface area contributed by atoms with Gasteiger partial charge in [-0.25, -0.2) is 0 Å². The normalized spacial score (nSPS) is 13.1. The highest BCUT2D eigenvalue weighted by molar-refractivity contribution is 4.53. The van der Waals surface area contributed by atoms with Crippen LogP contribution in [0.4, 0.5) is 0 Å². The standard InChI is InChI=1S/C12H27NO/c1-3-4-5-6-7-12(2)8-10-14-11-9-13/h12H,3-11,13H2,1-2H3. The van der Waals surface area contributed by atoms with Gasteiger partial charge in [0.05, 0.1) is 6.61 Å². The summed E-state index contributed by atoms with van der Waals surface area (Å²) in [6.45, 7) is 6.81. The molecule has 0 aliphatic carbocycles. The van der Waals surface area contributed by atoms with Crippen molar-refractivity contribution in [3.63, 3.8) is 0 Å². The molecular weight excluding hydrogens is 174 g/mol. The van der Waals surface area contributed by atoms with Crippen molar-refractivity contribution in [3.05, 3.63) is 0 Å². The molecule has 0 saturated heterocycles. The van der Waals surface area contributed by atoms with Crippen LogP contribution in [0.25, 0.3) is 0 Å². The molecule has 0 bridgehead atoms. The molecule has 0 aliphatic heterocycles. The highest BCUT2D eigenvalue weighted by Gasteiger charge is 2.01. The molecule has 1 atom stereocenters. The van der Waals surface area contributed by atoms with E-state index in [4.69, 9.17) is 10.5 Å². The lowest BCUT2D eigenvalue weighted by Gasteiger charge is -2.10. The second-order valence-electron chi connectivity index (χ2n) is 4.14. The first-order valence-electron chi connectivity index (χ1n) is 6.09. The summed E-state index contributed by atoms with van der Waals surface area (Å²) in [4.78, 5) is 0. The van der Waals surface area contributed by atoms with Crippen LogP contribution in [0.1, 0.15) is 52.4 Å². The van der Waals surface area contributed by atoms with E-state index >= 15 is 0 Å². The SMILES string of the molecule is CCCCCCC(C)CCOCCN. The van der Waals surface area contributed by atoms with Gasteiger partial charge in [-0.2, -0.15) is 0 Å². The molecule has 0 aromatic carbocycles. The second kappa shape index (κ2) is 11.0. The Labute approximate surface area is 89.2 Å². The number of hydrogen-bond acceptors (Lipinski definition) is 2. The largest absolute Gasteiger partial charge is 0.380 e. The van der Waals surface area contributed by atoms with Crippen LogP contribution < -0.4 is 5.73 Å². The maximum Gasteiger partial charge on any atom is 0.0588 e. The van der Waals surface area contributed by atoms with Gasteiger partial charge in [0.2, 0.25) is 0 Å². The van der Waals surface area contributed by atoms with E-state index in [0.29, 0.717) is 13.2 Å². The van der Waals surface area contributed by atoms with Crippen molar-refractivity contribution in [3.8, 4) is 0 Å². The number of ether oxygens (including phenoxy) is 1. The van der Waals surface area contributed by atoms with Crippen molar-refractivity contribution in [1.82, 2.24) is 0 Å². The Bertz CT molecular complexity index is 94.5. The molecule has 0 radical (unpaired) electrons. The van der Waals surface area contributed by atoms with Crippen molar-refractivity contribution in [1.29, 1.82) is 0 Å². The van der Waals surface area contributed by atoms with Crippen LogP contribution in [0.5, 0.6) is 0 Å². The first kappa shape index (κ1) is 13.9. The van der Waals surface area contributed by atoms with Gasteiger partial charge in [-0.15, -0.1) is 0 Å². The van der Waals surface area contributed by atoms with Crippen molar-refractivity contribution < 1.29 is 4.74 Å². The van der Waals surface area contributed by atoms with E-state index in [0.717, 1.165) is 12.5 Å². The third-order valence-electron chi connectivity index (χ3n) is 2.57. The fraction of sp³-hybridized carbons (Fsp3) is 1.00. The van der Waals surface area contributed by atoms with Crippen LogP contribution in [0.15, 0.2) is 0 Å². The molecule has 0 saturated carbocycles. The lowest BCUT2D eigenvalue weighted by Crippen LogP contribution is -2.10. The van der Waals surface area contributed by atoms with Gasteiger partial charge >= 0.3 is 0 Å². The van der Waals surface area contributed by atoms with Gasteiger partial charge < -0.3 is 10.5 Å². The average Bonchev–Trinajstić information content (AvgIpc) is 2.19. The zero-order valence-electron chi connectivity index (χ0n) is 9.93. The Morgan fingerprint density at radius 3 is 2.50 bits per heavy atom. The van der Waals surface area contributed by atoms with Gasteiger partial charge in [-0.3, -0.25) is 0 Å². The van der Waals surface area contributed by atoms with E-state index in [1.165, 1.54) is 38.5 Å². The molecule has 2 N–H and O–H groups in total. The van der Waals surface area contributed by atoms with Gasteiger partial charge in [-0.1, -0.05) is 46.0 Å². The van der Waals surface area contributed by atoms with Crippen LogP contribution in [-0.2, 0) is 4.74 Å². The molecule has 0 aliphatic rings. The Balaban J connectivity index is 3.07. The maximum absolute atomic E-state index is 5.36. The number of hydrogen-bond donors (Lipinski definition) is 1. The van der Waals surface area contributed by atoms with Crippen molar-refractivity contribution >= 4 is 0 Å². The summed E-state index contributed by atoms with van der Waals surface area (Å²) in [6.07, 6.45) is 8.03. The van der Waals surface area contributed by atoms with Crippen LogP contribution in [0.3, 0.4) is 0 Å². The lowest BCUT2D eigenvalue weighted by molar-refractivity contribution is 0.127. The Hall–Kier alpha value is -0.0800. The van der Waals surface area contributed by atoms with Gasteiger partial charge in [-0.05, 0) is 12.3 Å². The number of nitrogens with two attached hydrogens (primary N) is 1. The van der Waals surface area contributed by atoms with Gasteiger partial charge in [0.15, 0.2) is 0 Å².